The van der Waals surface area contributed by atoms with Crippen molar-refractivity contribution in [2.75, 3.05) is 13.2 Å². The number of hydrogen-bond donors (Lipinski definition) is 6. The number of aliphatic hydroxyl groups excluding tert-OH is 5. The summed E-state index contributed by atoms with van der Waals surface area (Å²) in [5, 5.41) is 54.4. The summed E-state index contributed by atoms with van der Waals surface area (Å²) in [6, 6.07) is -0.819. The predicted octanol–water partition coefficient (Wildman–Crippen LogP) is 16.7. The van der Waals surface area contributed by atoms with Crippen molar-refractivity contribution in [1.29, 1.82) is 0 Å². The molecule has 7 atom stereocenters. The summed E-state index contributed by atoms with van der Waals surface area (Å²) in [4.78, 5) is 13.1. The zero-order valence-electron chi connectivity index (χ0n) is 48.6. The van der Waals surface area contributed by atoms with E-state index in [4.69, 9.17) is 9.47 Å². The van der Waals surface area contributed by atoms with Gasteiger partial charge in [0.15, 0.2) is 6.29 Å². The molecule has 1 saturated heterocycles. The molecule has 1 heterocycles. The summed E-state index contributed by atoms with van der Waals surface area (Å²) in [7, 11) is 0. The minimum absolute atomic E-state index is 0.182. The highest BCUT2D eigenvalue weighted by Gasteiger charge is 2.44. The van der Waals surface area contributed by atoms with Crippen LogP contribution in [0.2, 0.25) is 0 Å². The second-order valence-corrected chi connectivity index (χ2v) is 22.5. The third-order valence-corrected chi connectivity index (χ3v) is 15.4. The van der Waals surface area contributed by atoms with Crippen LogP contribution in [0.3, 0.4) is 0 Å². The molecule has 0 radical (unpaired) electrons. The largest absolute Gasteiger partial charge is 0.394 e. The molecule has 0 bridgehead atoms. The number of aliphatic hydroxyl groups is 5. The molecule has 1 aliphatic rings. The first kappa shape index (κ1) is 70.4. The lowest BCUT2D eigenvalue weighted by Gasteiger charge is -2.40. The fourth-order valence-electron chi connectivity index (χ4n) is 10.3. The molecule has 9 heteroatoms. The van der Waals surface area contributed by atoms with E-state index >= 15 is 0 Å². The van der Waals surface area contributed by atoms with Gasteiger partial charge in [0.1, 0.15) is 24.4 Å². The molecule has 0 aromatic heterocycles. The highest BCUT2D eigenvalue weighted by molar-refractivity contribution is 5.76. The lowest BCUT2D eigenvalue weighted by molar-refractivity contribution is -0.302. The maximum atomic E-state index is 13.1. The van der Waals surface area contributed by atoms with E-state index in [1.807, 2.05) is 6.08 Å². The number of amides is 1. The van der Waals surface area contributed by atoms with Gasteiger partial charge >= 0.3 is 0 Å². The molecule has 7 unspecified atom stereocenters. The quantitative estimate of drug-likeness (QED) is 0.0261. The summed E-state index contributed by atoms with van der Waals surface area (Å²) in [6.07, 6.45) is 65.5. The first-order valence-electron chi connectivity index (χ1n) is 32.2. The van der Waals surface area contributed by atoms with Crippen LogP contribution >= 0.6 is 0 Å². The molecule has 0 aliphatic carbocycles. The van der Waals surface area contributed by atoms with Crippen molar-refractivity contribution in [1.82, 2.24) is 5.32 Å². The van der Waals surface area contributed by atoms with Crippen molar-refractivity contribution < 1.29 is 39.8 Å². The van der Waals surface area contributed by atoms with Gasteiger partial charge in [0.05, 0.1) is 25.4 Å². The second kappa shape index (κ2) is 54.8. The van der Waals surface area contributed by atoms with Gasteiger partial charge in [-0.2, -0.15) is 0 Å². The van der Waals surface area contributed by atoms with Crippen LogP contribution < -0.4 is 5.32 Å². The highest BCUT2D eigenvalue weighted by Crippen LogP contribution is 2.23. The minimum Gasteiger partial charge on any atom is -0.394 e. The van der Waals surface area contributed by atoms with Crippen molar-refractivity contribution >= 4 is 5.91 Å². The van der Waals surface area contributed by atoms with Crippen LogP contribution in [0.5, 0.6) is 0 Å². The van der Waals surface area contributed by atoms with E-state index in [9.17, 15) is 30.3 Å². The topological polar surface area (TPSA) is 149 Å². The van der Waals surface area contributed by atoms with Crippen molar-refractivity contribution in [2.24, 2.45) is 0 Å². The van der Waals surface area contributed by atoms with Gasteiger partial charge in [-0.3, -0.25) is 4.79 Å². The number of rotatable bonds is 56. The summed E-state index contributed by atoms with van der Waals surface area (Å²) in [5.41, 5.74) is 0. The highest BCUT2D eigenvalue weighted by atomic mass is 16.7. The van der Waals surface area contributed by atoms with Gasteiger partial charge in [-0.1, -0.05) is 288 Å². The predicted molar refractivity (Wildman–Crippen MR) is 313 cm³/mol. The lowest BCUT2D eigenvalue weighted by atomic mass is 9.99. The number of ether oxygens (including phenoxy) is 2. The fraction of sp³-hybridized carbons (Fsp3) is 0.892. The Morgan fingerprint density at radius 1 is 0.446 bits per heavy atom. The van der Waals surface area contributed by atoms with Crippen molar-refractivity contribution in [3.05, 3.63) is 36.5 Å². The molecule has 0 aromatic carbocycles. The Balaban J connectivity index is 2.05. The molecule has 0 aromatic rings. The number of unbranched alkanes of at least 4 members (excludes halogenated alkanes) is 42. The van der Waals surface area contributed by atoms with Crippen molar-refractivity contribution in [2.45, 2.75) is 358 Å². The molecule has 1 amide bonds. The van der Waals surface area contributed by atoms with Gasteiger partial charge in [-0.15, -0.1) is 0 Å². The number of carbonyl (C=O) groups excluding carboxylic acids is 1. The van der Waals surface area contributed by atoms with Crippen LogP contribution in [0.1, 0.15) is 316 Å². The zero-order valence-corrected chi connectivity index (χ0v) is 48.6. The Bertz CT molecular complexity index is 1260. The summed E-state index contributed by atoms with van der Waals surface area (Å²) >= 11 is 0. The number of carbonyl (C=O) groups is 1. The Hall–Kier alpha value is -1.59. The van der Waals surface area contributed by atoms with Gasteiger partial charge in [-0.05, 0) is 57.8 Å². The zero-order chi connectivity index (χ0) is 53.6. The van der Waals surface area contributed by atoms with Crippen LogP contribution in [0.15, 0.2) is 36.5 Å². The molecule has 1 aliphatic heterocycles. The molecule has 6 N–H and O–H groups in total. The molecule has 0 saturated carbocycles. The third kappa shape index (κ3) is 43.4. The SMILES string of the molecule is CCCCCCCCCC/C=C\CCCCCCCCCCCCCCCCCCCCCCCCCCCC(=O)NC(COC1OC(CO)C(O)C(O)C1O)C(O)/C=C/CC/C=C/CCCCCCCCCC. The standard InChI is InChI=1S/C65H123NO8/c1-3-5-7-9-11-13-15-17-19-20-21-22-23-24-25-26-27-28-29-30-31-32-33-34-35-36-37-38-39-40-41-43-45-47-49-51-53-55-61(69)66-58(57-73-65-64(72)63(71)62(70)60(56-67)74-65)59(68)54-52-50-48-46-44-42-18-16-14-12-10-8-6-4-2/h20-21,44,46,52,54,58-60,62-65,67-68,70-72H,3-19,22-43,45,47-51,53,55-57H2,1-2H3,(H,66,69)/b21-20-,46-44+,54-52+. The Morgan fingerprint density at radius 3 is 1.14 bits per heavy atom. The molecule has 1 rings (SSSR count). The first-order chi connectivity index (χ1) is 36.3. The van der Waals surface area contributed by atoms with Crippen LogP contribution in [-0.4, -0.2) is 87.5 Å². The molecular formula is C65H123NO8. The van der Waals surface area contributed by atoms with E-state index in [-0.39, 0.29) is 12.5 Å². The van der Waals surface area contributed by atoms with E-state index in [0.717, 1.165) is 38.5 Å². The van der Waals surface area contributed by atoms with Crippen LogP contribution in [0, 0.1) is 0 Å². The summed E-state index contributed by atoms with van der Waals surface area (Å²) < 4.78 is 11.3. The van der Waals surface area contributed by atoms with Gasteiger partial charge < -0.3 is 40.3 Å². The van der Waals surface area contributed by atoms with Gasteiger partial charge in [-0.25, -0.2) is 0 Å². The monoisotopic (exact) mass is 1050 g/mol. The maximum Gasteiger partial charge on any atom is 0.220 e. The number of nitrogens with one attached hydrogen (secondary N) is 1. The normalized spacial score (nSPS) is 19.1. The first-order valence-corrected chi connectivity index (χ1v) is 32.2. The molecule has 1 fully saturated rings. The van der Waals surface area contributed by atoms with E-state index in [2.05, 4.69) is 43.5 Å². The Kier molecular flexibility index (Phi) is 52.1. The van der Waals surface area contributed by atoms with Gasteiger partial charge in [0.2, 0.25) is 5.91 Å². The Labute approximate surface area is 457 Å². The minimum atomic E-state index is -1.57. The van der Waals surface area contributed by atoms with Crippen molar-refractivity contribution in [3.63, 3.8) is 0 Å². The lowest BCUT2D eigenvalue weighted by Crippen LogP contribution is -2.60. The molecular weight excluding hydrogens is 923 g/mol. The van der Waals surface area contributed by atoms with Crippen LogP contribution in [0.25, 0.3) is 0 Å². The second-order valence-electron chi connectivity index (χ2n) is 22.5. The van der Waals surface area contributed by atoms with Gasteiger partial charge in [0.25, 0.3) is 0 Å². The van der Waals surface area contributed by atoms with E-state index in [0.29, 0.717) is 6.42 Å². The number of hydrogen-bond acceptors (Lipinski definition) is 8. The van der Waals surface area contributed by atoms with E-state index in [1.165, 1.54) is 257 Å². The van der Waals surface area contributed by atoms with Crippen molar-refractivity contribution in [3.8, 4) is 0 Å². The molecule has 74 heavy (non-hydrogen) atoms. The molecule has 436 valence electrons. The fourth-order valence-corrected chi connectivity index (χ4v) is 10.3. The van der Waals surface area contributed by atoms with Crippen LogP contribution in [-0.2, 0) is 14.3 Å². The smallest absolute Gasteiger partial charge is 0.220 e. The summed E-state index contributed by atoms with van der Waals surface area (Å²) in [5.74, 6) is -0.182. The molecule has 0 spiro atoms. The average molecular weight is 1050 g/mol. The number of allylic oxidation sites excluding steroid dienone is 5. The molecule has 9 nitrogen and oxygen atoms in total. The summed E-state index contributed by atoms with van der Waals surface area (Å²) in [6.45, 7) is 3.78. The average Bonchev–Trinajstić information content (AvgIpc) is 3.40. The maximum absolute atomic E-state index is 13.1. The van der Waals surface area contributed by atoms with E-state index < -0.39 is 49.5 Å². The Morgan fingerprint density at radius 2 is 0.770 bits per heavy atom. The van der Waals surface area contributed by atoms with E-state index in [1.54, 1.807) is 6.08 Å². The third-order valence-electron chi connectivity index (χ3n) is 15.4. The van der Waals surface area contributed by atoms with Crippen LogP contribution in [0.4, 0.5) is 0 Å². The van der Waals surface area contributed by atoms with Gasteiger partial charge in [0, 0.05) is 6.42 Å².